The Labute approximate surface area is 133 Å². The van der Waals surface area contributed by atoms with Crippen LogP contribution in [0.4, 0.5) is 0 Å². The average molecular weight is 404 g/mol. The van der Waals surface area contributed by atoms with E-state index < -0.39 is 17.9 Å². The third-order valence-electron chi connectivity index (χ3n) is 2.51. The quantitative estimate of drug-likeness (QED) is 0.714. The van der Waals surface area contributed by atoms with E-state index in [1.54, 1.807) is 18.2 Å². The van der Waals surface area contributed by atoms with Crippen molar-refractivity contribution in [2.24, 2.45) is 0 Å². The van der Waals surface area contributed by atoms with Crippen molar-refractivity contribution in [2.45, 2.75) is 25.3 Å². The summed E-state index contributed by atoms with van der Waals surface area (Å²) in [5.74, 6) is -1.57. The SMILES string of the molecule is N#CCCC[C@@H](NC(=O)c1cc(Br)cc(Br)c1)C(=O)O. The van der Waals surface area contributed by atoms with E-state index in [0.29, 0.717) is 20.9 Å². The van der Waals surface area contributed by atoms with Crippen molar-refractivity contribution in [2.75, 3.05) is 0 Å². The summed E-state index contributed by atoms with van der Waals surface area (Å²) in [5.41, 5.74) is 0.359. The summed E-state index contributed by atoms with van der Waals surface area (Å²) < 4.78 is 1.43. The van der Waals surface area contributed by atoms with Gasteiger partial charge in [-0.05, 0) is 31.0 Å². The molecule has 20 heavy (non-hydrogen) atoms. The number of hydrogen-bond acceptors (Lipinski definition) is 3. The standard InChI is InChI=1S/C13H12Br2N2O3/c14-9-5-8(6-10(15)7-9)12(18)17-11(13(19)20)3-1-2-4-16/h5-7,11H,1-3H2,(H,17,18)(H,19,20)/t11-/m1/s1. The number of carbonyl (C=O) groups is 2. The third-order valence-corrected chi connectivity index (χ3v) is 3.43. The van der Waals surface area contributed by atoms with E-state index in [9.17, 15) is 9.59 Å². The number of carboxylic acids is 1. The van der Waals surface area contributed by atoms with Gasteiger partial charge in [0.15, 0.2) is 0 Å². The zero-order valence-corrected chi connectivity index (χ0v) is 13.6. The zero-order chi connectivity index (χ0) is 15.1. The molecule has 0 aliphatic rings. The lowest BCUT2D eigenvalue weighted by atomic mass is 10.1. The van der Waals surface area contributed by atoms with Gasteiger partial charge in [0.05, 0.1) is 6.07 Å². The summed E-state index contributed by atoms with van der Waals surface area (Å²) in [5, 5.41) is 20.0. The number of rotatable bonds is 6. The molecule has 7 heteroatoms. The molecule has 1 amide bonds. The summed E-state index contributed by atoms with van der Waals surface area (Å²) in [6.45, 7) is 0. The highest BCUT2D eigenvalue weighted by Gasteiger charge is 2.20. The van der Waals surface area contributed by atoms with Gasteiger partial charge < -0.3 is 10.4 Å². The topological polar surface area (TPSA) is 90.2 Å². The minimum atomic E-state index is -1.11. The molecular formula is C13H12Br2N2O3. The predicted molar refractivity (Wildman–Crippen MR) is 80.2 cm³/mol. The van der Waals surface area contributed by atoms with Gasteiger partial charge in [0, 0.05) is 20.9 Å². The molecule has 0 aliphatic heterocycles. The van der Waals surface area contributed by atoms with Crippen LogP contribution in [0.1, 0.15) is 29.6 Å². The van der Waals surface area contributed by atoms with Crippen LogP contribution in [0.15, 0.2) is 27.1 Å². The van der Waals surface area contributed by atoms with Crippen LogP contribution in [-0.4, -0.2) is 23.0 Å². The molecule has 1 aromatic carbocycles. The lowest BCUT2D eigenvalue weighted by Gasteiger charge is -2.14. The lowest BCUT2D eigenvalue weighted by Crippen LogP contribution is -2.40. The molecule has 0 saturated carbocycles. The van der Waals surface area contributed by atoms with Crippen LogP contribution in [0.2, 0.25) is 0 Å². The molecule has 0 fully saturated rings. The van der Waals surface area contributed by atoms with E-state index in [0.717, 1.165) is 0 Å². The van der Waals surface area contributed by atoms with Gasteiger partial charge in [-0.1, -0.05) is 31.9 Å². The van der Waals surface area contributed by atoms with E-state index in [4.69, 9.17) is 10.4 Å². The van der Waals surface area contributed by atoms with E-state index >= 15 is 0 Å². The van der Waals surface area contributed by atoms with Crippen molar-refractivity contribution < 1.29 is 14.7 Å². The maximum atomic E-state index is 12.0. The van der Waals surface area contributed by atoms with Crippen molar-refractivity contribution in [1.82, 2.24) is 5.32 Å². The molecule has 0 bridgehead atoms. The van der Waals surface area contributed by atoms with Gasteiger partial charge in [0.1, 0.15) is 6.04 Å². The first-order valence-corrected chi connectivity index (χ1v) is 7.39. The van der Waals surface area contributed by atoms with Gasteiger partial charge in [-0.2, -0.15) is 5.26 Å². The van der Waals surface area contributed by atoms with Crippen LogP contribution in [0.3, 0.4) is 0 Å². The Hall–Kier alpha value is -1.39. The maximum absolute atomic E-state index is 12.0. The van der Waals surface area contributed by atoms with E-state index in [2.05, 4.69) is 37.2 Å². The molecule has 0 aromatic heterocycles. The van der Waals surface area contributed by atoms with Crippen LogP contribution < -0.4 is 5.32 Å². The van der Waals surface area contributed by atoms with Crippen molar-refractivity contribution >= 4 is 43.7 Å². The van der Waals surface area contributed by atoms with Crippen molar-refractivity contribution in [3.05, 3.63) is 32.7 Å². The molecule has 5 nitrogen and oxygen atoms in total. The molecule has 0 radical (unpaired) electrons. The number of nitriles is 1. The van der Waals surface area contributed by atoms with E-state index in [1.807, 2.05) is 6.07 Å². The minimum Gasteiger partial charge on any atom is -0.480 e. The number of aliphatic carboxylic acids is 1. The predicted octanol–water partition coefficient (Wildman–Crippen LogP) is 3.09. The third kappa shape index (κ3) is 5.31. The zero-order valence-electron chi connectivity index (χ0n) is 10.4. The summed E-state index contributed by atoms with van der Waals surface area (Å²) in [6.07, 6.45) is 0.918. The highest BCUT2D eigenvalue weighted by molar-refractivity contribution is 9.11. The molecule has 2 N–H and O–H groups in total. The van der Waals surface area contributed by atoms with Crippen LogP contribution in [0.25, 0.3) is 0 Å². The van der Waals surface area contributed by atoms with Crippen LogP contribution >= 0.6 is 31.9 Å². The number of nitrogens with zero attached hydrogens (tertiary/aromatic N) is 1. The molecule has 1 atom stereocenters. The largest absolute Gasteiger partial charge is 0.480 e. The van der Waals surface area contributed by atoms with Crippen LogP contribution in [0, 0.1) is 11.3 Å². The number of halogens is 2. The molecule has 0 heterocycles. The second-order valence-corrected chi connectivity index (χ2v) is 5.90. The van der Waals surface area contributed by atoms with Crippen molar-refractivity contribution in [1.29, 1.82) is 5.26 Å². The second kappa shape index (κ2) is 8.02. The fourth-order valence-electron chi connectivity index (χ4n) is 1.57. The average Bonchev–Trinajstić information content (AvgIpc) is 2.36. The Morgan fingerprint density at radius 3 is 2.40 bits per heavy atom. The number of nitrogens with one attached hydrogen (secondary N) is 1. The summed E-state index contributed by atoms with van der Waals surface area (Å²) >= 11 is 6.53. The Morgan fingerprint density at radius 1 is 1.30 bits per heavy atom. The van der Waals surface area contributed by atoms with E-state index in [-0.39, 0.29) is 12.8 Å². The molecule has 0 unspecified atom stereocenters. The summed E-state index contributed by atoms with van der Waals surface area (Å²) in [7, 11) is 0. The summed E-state index contributed by atoms with van der Waals surface area (Å²) in [6, 6.07) is 5.94. The molecular weight excluding hydrogens is 392 g/mol. The fourth-order valence-corrected chi connectivity index (χ4v) is 2.86. The van der Waals surface area contributed by atoms with E-state index in [1.165, 1.54) is 0 Å². The lowest BCUT2D eigenvalue weighted by molar-refractivity contribution is -0.139. The first-order chi connectivity index (χ1) is 9.43. The highest BCUT2D eigenvalue weighted by Crippen LogP contribution is 2.20. The van der Waals surface area contributed by atoms with Crippen molar-refractivity contribution in [3.8, 4) is 6.07 Å². The van der Waals surface area contributed by atoms with Crippen molar-refractivity contribution in [3.63, 3.8) is 0 Å². The minimum absolute atomic E-state index is 0.226. The Balaban J connectivity index is 2.75. The van der Waals surface area contributed by atoms with Gasteiger partial charge in [0.2, 0.25) is 0 Å². The second-order valence-electron chi connectivity index (χ2n) is 4.07. The number of unbranched alkanes of at least 4 members (excludes halogenated alkanes) is 1. The normalized spacial score (nSPS) is 11.4. The monoisotopic (exact) mass is 402 g/mol. The van der Waals surface area contributed by atoms with Gasteiger partial charge in [0.25, 0.3) is 5.91 Å². The van der Waals surface area contributed by atoms with Gasteiger partial charge in [-0.3, -0.25) is 4.79 Å². The Bertz CT molecular complexity index is 535. The number of benzene rings is 1. The van der Waals surface area contributed by atoms with Gasteiger partial charge >= 0.3 is 5.97 Å². The maximum Gasteiger partial charge on any atom is 0.326 e. The molecule has 0 spiro atoms. The smallest absolute Gasteiger partial charge is 0.326 e. The molecule has 0 aliphatic carbocycles. The summed E-state index contributed by atoms with van der Waals surface area (Å²) in [4.78, 5) is 23.1. The number of hydrogen-bond donors (Lipinski definition) is 2. The molecule has 1 aromatic rings. The first kappa shape index (κ1) is 16.7. The number of amides is 1. The molecule has 106 valence electrons. The molecule has 1 rings (SSSR count). The highest BCUT2D eigenvalue weighted by atomic mass is 79.9. The van der Waals surface area contributed by atoms with Gasteiger partial charge in [-0.15, -0.1) is 0 Å². The number of carboxylic acid groups (broad SMARTS) is 1. The van der Waals surface area contributed by atoms with Gasteiger partial charge in [-0.25, -0.2) is 4.79 Å². The Kier molecular flexibility index (Phi) is 6.68. The first-order valence-electron chi connectivity index (χ1n) is 5.80. The van der Waals surface area contributed by atoms with Crippen LogP contribution in [0.5, 0.6) is 0 Å². The fraction of sp³-hybridized carbons (Fsp3) is 0.308. The molecule has 0 saturated heterocycles. The number of carbonyl (C=O) groups excluding carboxylic acids is 1. The Morgan fingerprint density at radius 2 is 1.90 bits per heavy atom. The van der Waals surface area contributed by atoms with Crippen LogP contribution in [-0.2, 0) is 4.79 Å².